The number of fused-ring (bicyclic) bond motifs is 1. The highest BCUT2D eigenvalue weighted by Crippen LogP contribution is 2.40. The van der Waals surface area contributed by atoms with Crippen LogP contribution < -0.4 is 10.2 Å². The summed E-state index contributed by atoms with van der Waals surface area (Å²) in [7, 11) is 0. The van der Waals surface area contributed by atoms with Crippen molar-refractivity contribution in [2.24, 2.45) is 0 Å². The van der Waals surface area contributed by atoms with E-state index in [-0.39, 0.29) is 29.7 Å². The molecule has 0 bridgehead atoms. The molecule has 0 spiro atoms. The minimum Gasteiger partial charge on any atom is -0.444 e. The lowest BCUT2D eigenvalue weighted by atomic mass is 10.1. The Balaban J connectivity index is 1.73. The van der Waals surface area contributed by atoms with Crippen molar-refractivity contribution < 1.29 is 23.1 Å². The molecule has 2 aromatic carbocycles. The summed E-state index contributed by atoms with van der Waals surface area (Å²) >= 11 is 8.53. The lowest BCUT2D eigenvalue weighted by Crippen LogP contribution is -2.50. The number of thioether (sulfide) groups is 2. The van der Waals surface area contributed by atoms with E-state index in [9.17, 15) is 9.59 Å². The van der Waals surface area contributed by atoms with Gasteiger partial charge in [0.2, 0.25) is 0 Å². The van der Waals surface area contributed by atoms with Crippen molar-refractivity contribution >= 4 is 52.8 Å². The van der Waals surface area contributed by atoms with Crippen LogP contribution in [-0.2, 0) is 16.1 Å². The largest absolute Gasteiger partial charge is 0.444 e. The molecule has 1 aliphatic rings. The number of benzene rings is 2. The Morgan fingerprint density at radius 2 is 2.03 bits per heavy atom. The molecule has 8 nitrogen and oxygen atoms in total. The fourth-order valence-electron chi connectivity index (χ4n) is 3.48. The molecule has 0 saturated carbocycles. The first-order valence-corrected chi connectivity index (χ1v) is 13.5. The topological polar surface area (TPSA) is 97.6 Å². The molecule has 0 unspecified atom stereocenters. The fourth-order valence-corrected chi connectivity index (χ4v) is 4.96. The number of amides is 2. The number of ether oxygens (including phenoxy) is 1. The Bertz CT molecular complexity index is 1280. The summed E-state index contributed by atoms with van der Waals surface area (Å²) in [5.41, 5.74) is 0.618. The molecular formula is C24H24ClFN4O4S2. The molecule has 0 aliphatic carbocycles. The molecule has 12 heteroatoms. The molecule has 0 saturated heterocycles. The second-order valence-electron chi connectivity index (χ2n) is 8.94. The van der Waals surface area contributed by atoms with Crippen LogP contribution in [0.15, 0.2) is 50.9 Å². The Hall–Kier alpha value is -2.76. The first kappa shape index (κ1) is 26.3. The summed E-state index contributed by atoms with van der Waals surface area (Å²) in [6, 6.07) is 9.03. The number of halogens is 2. The summed E-state index contributed by atoms with van der Waals surface area (Å²) in [6.07, 6.45) is 1.06. The van der Waals surface area contributed by atoms with Crippen molar-refractivity contribution in [3.05, 3.63) is 52.8 Å². The number of nitrogens with one attached hydrogen (secondary N) is 1. The average Bonchev–Trinajstić information content (AvgIpc) is 3.25. The summed E-state index contributed by atoms with van der Waals surface area (Å²) in [5, 5.41) is 11.3. The predicted molar refractivity (Wildman–Crippen MR) is 138 cm³/mol. The van der Waals surface area contributed by atoms with E-state index in [0.29, 0.717) is 20.8 Å². The maximum Gasteiger partial charge on any atom is 0.408 e. The van der Waals surface area contributed by atoms with Crippen LogP contribution in [0.2, 0.25) is 5.02 Å². The minimum absolute atomic E-state index is 0.0104. The smallest absolute Gasteiger partial charge is 0.408 e. The summed E-state index contributed by atoms with van der Waals surface area (Å²) in [5.74, 6) is -0.723. The van der Waals surface area contributed by atoms with Gasteiger partial charge in [0, 0.05) is 15.7 Å². The second-order valence-corrected chi connectivity index (χ2v) is 11.2. The third kappa shape index (κ3) is 6.13. The van der Waals surface area contributed by atoms with Crippen LogP contribution in [0.5, 0.6) is 0 Å². The number of anilines is 1. The zero-order chi connectivity index (χ0) is 26.0. The van der Waals surface area contributed by atoms with Crippen LogP contribution in [0.3, 0.4) is 0 Å². The second kappa shape index (κ2) is 10.7. The average molecular weight is 551 g/mol. The van der Waals surface area contributed by atoms with Crippen molar-refractivity contribution in [3.63, 3.8) is 0 Å². The maximum atomic E-state index is 15.1. The minimum atomic E-state index is -0.900. The van der Waals surface area contributed by atoms with Crippen molar-refractivity contribution in [1.82, 2.24) is 15.5 Å². The molecule has 4 rings (SSSR count). The van der Waals surface area contributed by atoms with Gasteiger partial charge in [0.25, 0.3) is 17.0 Å². The van der Waals surface area contributed by atoms with E-state index >= 15 is 4.39 Å². The van der Waals surface area contributed by atoms with Crippen molar-refractivity contribution in [2.45, 2.75) is 49.1 Å². The van der Waals surface area contributed by atoms with Gasteiger partial charge in [-0.05, 0) is 56.9 Å². The number of hydrogen-bond donors (Lipinski definition) is 1. The van der Waals surface area contributed by atoms with Crippen molar-refractivity contribution in [1.29, 1.82) is 0 Å². The van der Waals surface area contributed by atoms with E-state index in [1.165, 1.54) is 40.6 Å². The third-order valence-electron chi connectivity index (χ3n) is 5.07. The fraction of sp³-hybridized carbons (Fsp3) is 0.333. The highest BCUT2D eigenvalue weighted by Gasteiger charge is 2.34. The summed E-state index contributed by atoms with van der Waals surface area (Å²) < 4.78 is 26.0. The molecule has 3 aromatic rings. The van der Waals surface area contributed by atoms with E-state index < -0.39 is 23.6 Å². The van der Waals surface area contributed by atoms with Gasteiger partial charge in [-0.25, -0.2) is 9.18 Å². The zero-order valence-electron chi connectivity index (χ0n) is 20.0. The predicted octanol–water partition coefficient (Wildman–Crippen LogP) is 5.78. The van der Waals surface area contributed by atoms with E-state index in [1.807, 2.05) is 0 Å². The molecule has 36 heavy (non-hydrogen) atoms. The summed E-state index contributed by atoms with van der Waals surface area (Å²) in [6.45, 7) is 5.39. The van der Waals surface area contributed by atoms with Crippen LogP contribution in [-0.4, -0.2) is 45.8 Å². The highest BCUT2D eigenvalue weighted by atomic mass is 35.5. The van der Waals surface area contributed by atoms with Crippen molar-refractivity contribution in [2.75, 3.05) is 16.9 Å². The van der Waals surface area contributed by atoms with E-state index in [1.54, 1.807) is 51.3 Å². The normalized spacial score (nSPS) is 15.9. The van der Waals surface area contributed by atoms with Gasteiger partial charge in [-0.2, -0.15) is 0 Å². The molecule has 190 valence electrons. The Labute approximate surface area is 221 Å². The SMILES string of the molecule is CSc1nnc(-c2cc3c(cc2F)SC[C@H](NC(=O)OC(C)(C)C)C(=O)N3Cc2ccc(Cl)cc2)o1. The lowest BCUT2D eigenvalue weighted by Gasteiger charge is -2.27. The van der Waals surface area contributed by atoms with Gasteiger partial charge in [-0.3, -0.25) is 4.79 Å². The summed E-state index contributed by atoms with van der Waals surface area (Å²) in [4.78, 5) is 28.2. The van der Waals surface area contributed by atoms with Gasteiger partial charge in [0.05, 0.1) is 17.8 Å². The lowest BCUT2D eigenvalue weighted by molar-refractivity contribution is -0.120. The van der Waals surface area contributed by atoms with Gasteiger partial charge in [-0.15, -0.1) is 22.0 Å². The molecule has 1 aliphatic heterocycles. The number of alkyl carbamates (subject to hydrolysis) is 1. The van der Waals surface area contributed by atoms with Crippen molar-refractivity contribution in [3.8, 4) is 11.5 Å². The molecule has 1 aromatic heterocycles. The highest BCUT2D eigenvalue weighted by molar-refractivity contribution is 7.99. The van der Waals surface area contributed by atoms with Crippen LogP contribution >= 0.6 is 35.1 Å². The van der Waals surface area contributed by atoms with E-state index in [0.717, 1.165) is 5.56 Å². The number of carbonyl (C=O) groups excluding carboxylic acids is 2. The quantitative estimate of drug-likeness (QED) is 0.399. The van der Waals surface area contributed by atoms with Crippen LogP contribution in [0, 0.1) is 5.82 Å². The molecule has 2 heterocycles. The number of hydrogen-bond acceptors (Lipinski definition) is 8. The van der Waals surface area contributed by atoms with Gasteiger partial charge >= 0.3 is 6.09 Å². The first-order valence-electron chi connectivity index (χ1n) is 10.9. The Morgan fingerprint density at radius 1 is 1.31 bits per heavy atom. The molecule has 2 amide bonds. The number of rotatable bonds is 5. The molecular weight excluding hydrogens is 527 g/mol. The standard InChI is InChI=1S/C24H24ClFN4O4S2/c1-24(2,3)34-22(32)27-17-12-36-19-10-16(26)15(20-28-29-23(33-20)35-4)9-18(19)30(21(17)31)11-13-5-7-14(25)8-6-13/h5-10,17H,11-12H2,1-4H3,(H,27,32)/t17-/m0/s1. The number of aromatic nitrogens is 2. The number of nitrogens with zero attached hydrogens (tertiary/aromatic N) is 3. The van der Waals surface area contributed by atoms with Gasteiger partial charge in [0.1, 0.15) is 17.5 Å². The Morgan fingerprint density at radius 3 is 2.67 bits per heavy atom. The van der Waals surface area contributed by atoms with E-state index in [2.05, 4.69) is 15.5 Å². The van der Waals surface area contributed by atoms with Gasteiger partial charge < -0.3 is 19.4 Å². The monoisotopic (exact) mass is 550 g/mol. The van der Waals surface area contributed by atoms with Crippen LogP contribution in [0.25, 0.3) is 11.5 Å². The van der Waals surface area contributed by atoms with Gasteiger partial charge in [-0.1, -0.05) is 35.5 Å². The van der Waals surface area contributed by atoms with Gasteiger partial charge in [0.15, 0.2) is 0 Å². The zero-order valence-corrected chi connectivity index (χ0v) is 22.4. The third-order valence-corrected chi connectivity index (χ3v) is 6.97. The number of carbonyl (C=O) groups is 2. The molecule has 1 atom stereocenters. The molecule has 1 N–H and O–H groups in total. The van der Waals surface area contributed by atoms with Crippen LogP contribution in [0.1, 0.15) is 26.3 Å². The van der Waals surface area contributed by atoms with Crippen LogP contribution in [0.4, 0.5) is 14.9 Å². The maximum absolute atomic E-state index is 15.1. The first-order chi connectivity index (χ1) is 17.0. The Kier molecular flexibility index (Phi) is 7.82. The van der Waals surface area contributed by atoms with E-state index in [4.69, 9.17) is 20.8 Å². The molecule has 0 fully saturated rings. The molecule has 0 radical (unpaired) electrons.